The first-order valence-corrected chi connectivity index (χ1v) is 7.77. The average molecular weight is 288 g/mol. The van der Waals surface area contributed by atoms with E-state index in [0.29, 0.717) is 6.61 Å². The molecule has 0 radical (unpaired) electrons. The molecule has 2 aliphatic heterocycles. The third-order valence-electron chi connectivity index (χ3n) is 4.40. The molecule has 1 spiro atoms. The van der Waals surface area contributed by atoms with Crippen molar-refractivity contribution in [1.29, 1.82) is 0 Å². The van der Waals surface area contributed by atoms with Gasteiger partial charge in [0, 0.05) is 31.9 Å². The molecular weight excluding hydrogens is 264 g/mol. The summed E-state index contributed by atoms with van der Waals surface area (Å²) in [4.78, 5) is 6.57. The lowest BCUT2D eigenvalue weighted by atomic mass is 9.89. The van der Waals surface area contributed by atoms with Gasteiger partial charge in [0.15, 0.2) is 0 Å². The smallest absolute Gasteiger partial charge is 0.0841 e. The Balaban J connectivity index is 1.57. The first kappa shape index (κ1) is 14.7. The van der Waals surface area contributed by atoms with Crippen LogP contribution in [0.15, 0.2) is 37.2 Å². The molecule has 0 saturated carbocycles. The second-order valence-corrected chi connectivity index (χ2v) is 6.11. The van der Waals surface area contributed by atoms with E-state index in [-0.39, 0.29) is 11.7 Å². The van der Waals surface area contributed by atoms with Crippen LogP contribution in [0.5, 0.6) is 0 Å². The number of ether oxygens (including phenoxy) is 2. The van der Waals surface area contributed by atoms with Gasteiger partial charge in [0.2, 0.25) is 0 Å². The predicted molar refractivity (Wildman–Crippen MR) is 82.0 cm³/mol. The van der Waals surface area contributed by atoms with E-state index in [1.54, 1.807) is 0 Å². The van der Waals surface area contributed by atoms with Gasteiger partial charge in [-0.2, -0.15) is 0 Å². The van der Waals surface area contributed by atoms with Crippen LogP contribution in [0.1, 0.15) is 24.8 Å². The summed E-state index contributed by atoms with van der Waals surface area (Å²) < 4.78 is 11.9. The molecule has 3 heterocycles. The highest BCUT2D eigenvalue weighted by atomic mass is 16.6. The van der Waals surface area contributed by atoms with E-state index in [4.69, 9.17) is 9.47 Å². The zero-order chi connectivity index (χ0) is 14.5. The number of rotatable bonds is 5. The molecular formula is C17H24N2O2. The Bertz CT molecular complexity index is 465. The Morgan fingerprint density at radius 1 is 1.48 bits per heavy atom. The zero-order valence-corrected chi connectivity index (χ0v) is 12.5. The Hall–Kier alpha value is -1.23. The molecule has 0 amide bonds. The third-order valence-corrected chi connectivity index (χ3v) is 4.40. The van der Waals surface area contributed by atoms with Crippen molar-refractivity contribution in [3.8, 4) is 0 Å². The Kier molecular flexibility index (Phi) is 4.68. The predicted octanol–water partition coefficient (Wildman–Crippen LogP) is 2.41. The lowest BCUT2D eigenvalue weighted by Gasteiger charge is -2.39. The fourth-order valence-electron chi connectivity index (χ4n) is 3.47. The molecule has 0 aromatic carbocycles. The van der Waals surface area contributed by atoms with Gasteiger partial charge in [-0.25, -0.2) is 0 Å². The minimum Gasteiger partial charge on any atom is -0.372 e. The minimum absolute atomic E-state index is 0.00286. The fraction of sp³-hybridized carbons (Fsp3) is 0.588. The lowest BCUT2D eigenvalue weighted by Crippen LogP contribution is -2.47. The second-order valence-electron chi connectivity index (χ2n) is 6.11. The van der Waals surface area contributed by atoms with Crippen LogP contribution in [-0.4, -0.2) is 47.9 Å². The summed E-state index contributed by atoms with van der Waals surface area (Å²) in [6.45, 7) is 8.17. The maximum Gasteiger partial charge on any atom is 0.0841 e. The molecule has 4 heteroatoms. The molecule has 114 valence electrons. The molecule has 2 saturated heterocycles. The topological polar surface area (TPSA) is 34.6 Å². The molecule has 1 aromatic heterocycles. The minimum atomic E-state index is -0.00286. The van der Waals surface area contributed by atoms with Crippen molar-refractivity contribution in [2.24, 2.45) is 0 Å². The third kappa shape index (κ3) is 3.70. The quantitative estimate of drug-likeness (QED) is 0.779. The van der Waals surface area contributed by atoms with Crippen LogP contribution in [0, 0.1) is 0 Å². The molecule has 0 N–H and O–H groups in total. The van der Waals surface area contributed by atoms with E-state index in [1.807, 2.05) is 18.5 Å². The highest BCUT2D eigenvalue weighted by Gasteiger charge is 2.43. The Labute approximate surface area is 126 Å². The summed E-state index contributed by atoms with van der Waals surface area (Å²) in [5, 5.41) is 0. The van der Waals surface area contributed by atoms with Crippen molar-refractivity contribution < 1.29 is 9.47 Å². The molecule has 2 fully saturated rings. The highest BCUT2D eigenvalue weighted by Crippen LogP contribution is 2.36. The summed E-state index contributed by atoms with van der Waals surface area (Å²) in [5.41, 5.74) is 1.32. The molecule has 0 aliphatic carbocycles. The van der Waals surface area contributed by atoms with Crippen molar-refractivity contribution in [1.82, 2.24) is 9.88 Å². The number of piperidine rings is 1. The monoisotopic (exact) mass is 288 g/mol. The highest BCUT2D eigenvalue weighted by molar-refractivity contribution is 5.10. The van der Waals surface area contributed by atoms with E-state index >= 15 is 0 Å². The van der Waals surface area contributed by atoms with Crippen LogP contribution < -0.4 is 0 Å². The lowest BCUT2D eigenvalue weighted by molar-refractivity contribution is -0.0544. The van der Waals surface area contributed by atoms with Crippen molar-refractivity contribution in [2.45, 2.75) is 37.5 Å². The normalized spacial score (nSPS) is 29.8. The number of pyridine rings is 1. The molecule has 2 aliphatic rings. The van der Waals surface area contributed by atoms with Gasteiger partial charge in [0.1, 0.15) is 0 Å². The number of likely N-dealkylation sites (tertiary alicyclic amines) is 1. The van der Waals surface area contributed by atoms with Gasteiger partial charge < -0.3 is 9.47 Å². The first-order valence-electron chi connectivity index (χ1n) is 7.77. The molecule has 21 heavy (non-hydrogen) atoms. The SMILES string of the molecule is C=CCO[C@@H]1CO[C@]2(CCCN(Cc3ccncc3)C2)C1. The van der Waals surface area contributed by atoms with E-state index in [0.717, 1.165) is 39.1 Å². The molecule has 1 aromatic rings. The number of hydrogen-bond acceptors (Lipinski definition) is 4. The van der Waals surface area contributed by atoms with Crippen LogP contribution in [0.2, 0.25) is 0 Å². The molecule has 0 unspecified atom stereocenters. The van der Waals surface area contributed by atoms with Crippen molar-refractivity contribution >= 4 is 0 Å². The summed E-state index contributed by atoms with van der Waals surface area (Å²) in [6.07, 6.45) is 9.10. The van der Waals surface area contributed by atoms with Crippen molar-refractivity contribution in [3.05, 3.63) is 42.7 Å². The van der Waals surface area contributed by atoms with E-state index in [9.17, 15) is 0 Å². The summed E-state index contributed by atoms with van der Waals surface area (Å²) in [7, 11) is 0. The zero-order valence-electron chi connectivity index (χ0n) is 12.5. The fourth-order valence-corrected chi connectivity index (χ4v) is 3.47. The molecule has 4 nitrogen and oxygen atoms in total. The Morgan fingerprint density at radius 2 is 2.33 bits per heavy atom. The van der Waals surface area contributed by atoms with Gasteiger partial charge in [0.05, 0.1) is 24.9 Å². The molecule has 0 bridgehead atoms. The summed E-state index contributed by atoms with van der Waals surface area (Å²) in [5.74, 6) is 0. The first-order chi connectivity index (χ1) is 10.3. The van der Waals surface area contributed by atoms with Crippen LogP contribution in [0.25, 0.3) is 0 Å². The molecule has 3 rings (SSSR count). The second kappa shape index (κ2) is 6.69. The number of aromatic nitrogens is 1. The van der Waals surface area contributed by atoms with Crippen LogP contribution in [0.4, 0.5) is 0 Å². The van der Waals surface area contributed by atoms with Gasteiger partial charge in [-0.3, -0.25) is 9.88 Å². The van der Waals surface area contributed by atoms with Gasteiger partial charge in [-0.05, 0) is 37.1 Å². The van der Waals surface area contributed by atoms with Crippen molar-refractivity contribution in [3.63, 3.8) is 0 Å². The van der Waals surface area contributed by atoms with Gasteiger partial charge in [0.25, 0.3) is 0 Å². The maximum atomic E-state index is 6.15. The van der Waals surface area contributed by atoms with Crippen LogP contribution in [-0.2, 0) is 16.0 Å². The van der Waals surface area contributed by atoms with Gasteiger partial charge in [-0.15, -0.1) is 6.58 Å². The maximum absolute atomic E-state index is 6.15. The summed E-state index contributed by atoms with van der Waals surface area (Å²) in [6, 6.07) is 4.18. The largest absolute Gasteiger partial charge is 0.372 e. The standard InChI is InChI=1S/C17H24N2O2/c1-2-10-20-16-11-17(21-13-16)6-3-9-19(14-17)12-15-4-7-18-8-5-15/h2,4-5,7-8,16H,1,3,6,9-14H2/t16-,17+/m0/s1. The van der Waals surface area contributed by atoms with Gasteiger partial charge >= 0.3 is 0 Å². The van der Waals surface area contributed by atoms with Crippen molar-refractivity contribution in [2.75, 3.05) is 26.3 Å². The molecule has 2 atom stereocenters. The van der Waals surface area contributed by atoms with E-state index < -0.39 is 0 Å². The van der Waals surface area contributed by atoms with Crippen LogP contribution >= 0.6 is 0 Å². The summed E-state index contributed by atoms with van der Waals surface area (Å²) >= 11 is 0. The van der Waals surface area contributed by atoms with Gasteiger partial charge in [-0.1, -0.05) is 6.08 Å². The number of hydrogen-bond donors (Lipinski definition) is 0. The Morgan fingerprint density at radius 3 is 3.14 bits per heavy atom. The average Bonchev–Trinajstić information content (AvgIpc) is 2.89. The van der Waals surface area contributed by atoms with E-state index in [1.165, 1.54) is 12.0 Å². The number of nitrogens with zero attached hydrogens (tertiary/aromatic N) is 2. The van der Waals surface area contributed by atoms with E-state index in [2.05, 4.69) is 28.6 Å². The van der Waals surface area contributed by atoms with Crippen LogP contribution in [0.3, 0.4) is 0 Å².